The lowest BCUT2D eigenvalue weighted by atomic mass is 9.94. The standard InChI is InChI=1S/C38H40ClN3O6S/c39-30-18-16-29(17-19-30)26-41(34(24-28-10-4-1-5-11-28)38(44)40-31-12-6-2-7-13-31)37(43)27-42(49(45,46)33-14-8-3-9-15-33)32-20-21-35-36(25-32)48-23-22-47-35/h1,3-5,8-11,14-21,25,31,34H,2,6-7,12-13,22-24,26-27H2,(H,40,44). The van der Waals surface area contributed by atoms with Crippen molar-refractivity contribution in [3.8, 4) is 11.5 Å². The Hall–Kier alpha value is -4.54. The summed E-state index contributed by atoms with van der Waals surface area (Å²) < 4.78 is 41.1. The summed E-state index contributed by atoms with van der Waals surface area (Å²) in [5, 5.41) is 3.77. The van der Waals surface area contributed by atoms with Crippen LogP contribution in [-0.4, -0.2) is 57.0 Å². The number of fused-ring (bicyclic) bond motifs is 1. The minimum Gasteiger partial charge on any atom is -0.486 e. The monoisotopic (exact) mass is 701 g/mol. The molecule has 0 bridgehead atoms. The Morgan fingerprint density at radius 2 is 1.45 bits per heavy atom. The molecule has 4 aromatic rings. The van der Waals surface area contributed by atoms with E-state index in [-0.39, 0.29) is 35.5 Å². The Morgan fingerprint density at radius 3 is 2.14 bits per heavy atom. The maximum atomic E-state index is 14.8. The number of nitrogens with zero attached hydrogens (tertiary/aromatic N) is 2. The molecule has 0 aromatic heterocycles. The second-order valence-corrected chi connectivity index (χ2v) is 14.6. The van der Waals surface area contributed by atoms with Crippen LogP contribution in [0.25, 0.3) is 0 Å². The number of rotatable bonds is 12. The summed E-state index contributed by atoms with van der Waals surface area (Å²) in [6.07, 6.45) is 5.19. The van der Waals surface area contributed by atoms with Crippen molar-refractivity contribution in [3.05, 3.63) is 119 Å². The quantitative estimate of drug-likeness (QED) is 0.184. The van der Waals surface area contributed by atoms with Crippen molar-refractivity contribution in [1.82, 2.24) is 10.2 Å². The van der Waals surface area contributed by atoms with Crippen LogP contribution in [0.2, 0.25) is 5.02 Å². The van der Waals surface area contributed by atoms with Gasteiger partial charge in [0.25, 0.3) is 10.0 Å². The highest BCUT2D eigenvalue weighted by Crippen LogP contribution is 2.36. The number of nitrogens with one attached hydrogen (secondary N) is 1. The number of halogens is 1. The van der Waals surface area contributed by atoms with E-state index >= 15 is 0 Å². The minimum absolute atomic E-state index is 0.0136. The minimum atomic E-state index is -4.24. The molecule has 1 unspecified atom stereocenters. The number of anilines is 1. The van der Waals surface area contributed by atoms with Crippen LogP contribution in [0.15, 0.2) is 108 Å². The molecule has 1 fully saturated rings. The summed E-state index contributed by atoms with van der Waals surface area (Å²) in [7, 11) is -4.24. The fourth-order valence-corrected chi connectivity index (χ4v) is 7.87. The van der Waals surface area contributed by atoms with Crippen LogP contribution in [-0.2, 0) is 32.6 Å². The zero-order chi connectivity index (χ0) is 34.2. The lowest BCUT2D eigenvalue weighted by Gasteiger charge is -2.35. The van der Waals surface area contributed by atoms with E-state index in [1.807, 2.05) is 30.3 Å². The van der Waals surface area contributed by atoms with Gasteiger partial charge in [0.05, 0.1) is 10.6 Å². The SMILES string of the molecule is O=C(NC1CCCCC1)C(Cc1ccccc1)N(Cc1ccc(Cl)cc1)C(=O)CN(c1ccc2c(c1)OCCO2)S(=O)(=O)c1ccccc1. The summed E-state index contributed by atoms with van der Waals surface area (Å²) in [6.45, 7) is 0.188. The highest BCUT2D eigenvalue weighted by Gasteiger charge is 2.36. The maximum absolute atomic E-state index is 14.8. The van der Waals surface area contributed by atoms with Gasteiger partial charge in [-0.2, -0.15) is 0 Å². The zero-order valence-electron chi connectivity index (χ0n) is 27.2. The Bertz CT molecular complexity index is 1830. The molecule has 1 aliphatic heterocycles. The van der Waals surface area contributed by atoms with Crippen molar-refractivity contribution >= 4 is 39.1 Å². The van der Waals surface area contributed by atoms with Crippen molar-refractivity contribution in [1.29, 1.82) is 0 Å². The Balaban J connectivity index is 1.40. The largest absolute Gasteiger partial charge is 0.486 e. The molecule has 4 aromatic carbocycles. The maximum Gasteiger partial charge on any atom is 0.264 e. The highest BCUT2D eigenvalue weighted by atomic mass is 35.5. The summed E-state index contributed by atoms with van der Waals surface area (Å²) in [5.41, 5.74) is 1.86. The van der Waals surface area contributed by atoms with Gasteiger partial charge in [-0.1, -0.05) is 91.5 Å². The molecule has 9 nitrogen and oxygen atoms in total. The molecule has 0 spiro atoms. The first kappa shape index (κ1) is 34.3. The van der Waals surface area contributed by atoms with Gasteiger partial charge in [-0.3, -0.25) is 13.9 Å². The van der Waals surface area contributed by atoms with Gasteiger partial charge in [0, 0.05) is 30.1 Å². The number of hydrogen-bond acceptors (Lipinski definition) is 6. The van der Waals surface area contributed by atoms with Crippen LogP contribution in [0.1, 0.15) is 43.2 Å². The number of benzene rings is 4. The van der Waals surface area contributed by atoms with E-state index in [0.717, 1.165) is 47.5 Å². The summed E-state index contributed by atoms with van der Waals surface area (Å²) in [6, 6.07) is 28.5. The Morgan fingerprint density at radius 1 is 0.796 bits per heavy atom. The summed E-state index contributed by atoms with van der Waals surface area (Å²) >= 11 is 6.20. The predicted molar refractivity (Wildman–Crippen MR) is 189 cm³/mol. The summed E-state index contributed by atoms with van der Waals surface area (Å²) in [4.78, 5) is 30.5. The second-order valence-electron chi connectivity index (χ2n) is 12.3. The normalized spacial score (nSPS) is 15.2. The van der Waals surface area contributed by atoms with Crippen molar-refractivity contribution in [3.63, 3.8) is 0 Å². The number of amides is 2. The average molecular weight is 702 g/mol. The molecule has 0 saturated heterocycles. The molecule has 0 radical (unpaired) electrons. The smallest absolute Gasteiger partial charge is 0.264 e. The van der Waals surface area contributed by atoms with E-state index in [9.17, 15) is 18.0 Å². The molecule has 1 aliphatic carbocycles. The number of sulfonamides is 1. The van der Waals surface area contributed by atoms with Crippen LogP contribution in [0.4, 0.5) is 5.69 Å². The van der Waals surface area contributed by atoms with Gasteiger partial charge in [-0.25, -0.2) is 8.42 Å². The van der Waals surface area contributed by atoms with Crippen molar-refractivity contribution in [2.24, 2.45) is 0 Å². The zero-order valence-corrected chi connectivity index (χ0v) is 28.7. The van der Waals surface area contributed by atoms with E-state index in [4.69, 9.17) is 21.1 Å². The Labute approximate surface area is 292 Å². The molecular formula is C38H40ClN3O6S. The number of carbonyl (C=O) groups is 2. The first-order chi connectivity index (χ1) is 23.8. The van der Waals surface area contributed by atoms with Crippen LogP contribution < -0.4 is 19.1 Å². The highest BCUT2D eigenvalue weighted by molar-refractivity contribution is 7.92. The van der Waals surface area contributed by atoms with Gasteiger partial charge in [-0.15, -0.1) is 0 Å². The fourth-order valence-electron chi connectivity index (χ4n) is 6.32. The molecule has 2 aliphatic rings. The predicted octanol–water partition coefficient (Wildman–Crippen LogP) is 6.40. The van der Waals surface area contributed by atoms with Gasteiger partial charge >= 0.3 is 0 Å². The first-order valence-electron chi connectivity index (χ1n) is 16.6. The van der Waals surface area contributed by atoms with Gasteiger partial charge in [0.1, 0.15) is 25.8 Å². The second kappa shape index (κ2) is 15.8. The molecular weight excluding hydrogens is 662 g/mol. The number of ether oxygens (including phenoxy) is 2. The molecule has 1 saturated carbocycles. The van der Waals surface area contributed by atoms with E-state index in [1.54, 1.807) is 60.7 Å². The van der Waals surface area contributed by atoms with E-state index < -0.39 is 28.5 Å². The third-order valence-corrected chi connectivity index (χ3v) is 11.0. The molecule has 1 heterocycles. The van der Waals surface area contributed by atoms with E-state index in [2.05, 4.69) is 5.32 Å². The lowest BCUT2D eigenvalue weighted by Crippen LogP contribution is -2.55. The number of carbonyl (C=O) groups excluding carboxylic acids is 2. The fraction of sp³-hybridized carbons (Fsp3) is 0.316. The molecule has 2 amide bonds. The topological polar surface area (TPSA) is 105 Å². The van der Waals surface area contributed by atoms with Gasteiger partial charge in [0.15, 0.2) is 11.5 Å². The molecule has 49 heavy (non-hydrogen) atoms. The van der Waals surface area contributed by atoms with Crippen molar-refractivity contribution in [2.45, 2.75) is 62.0 Å². The van der Waals surface area contributed by atoms with E-state index in [1.165, 1.54) is 17.0 Å². The van der Waals surface area contributed by atoms with Gasteiger partial charge in [-0.05, 0) is 60.4 Å². The van der Waals surface area contributed by atoms with Crippen molar-refractivity contribution in [2.75, 3.05) is 24.1 Å². The molecule has 1 atom stereocenters. The van der Waals surface area contributed by atoms with Crippen LogP contribution >= 0.6 is 11.6 Å². The summed E-state index contributed by atoms with van der Waals surface area (Å²) in [5.74, 6) is 0.0697. The Kier molecular flexibility index (Phi) is 11.1. The van der Waals surface area contributed by atoms with E-state index in [0.29, 0.717) is 29.7 Å². The lowest BCUT2D eigenvalue weighted by molar-refractivity contribution is -0.140. The van der Waals surface area contributed by atoms with Gasteiger partial charge in [0.2, 0.25) is 11.8 Å². The molecule has 11 heteroatoms. The molecule has 1 N–H and O–H groups in total. The third kappa shape index (κ3) is 8.55. The van der Waals surface area contributed by atoms with Crippen molar-refractivity contribution < 1.29 is 27.5 Å². The van der Waals surface area contributed by atoms with Crippen LogP contribution in [0.3, 0.4) is 0 Å². The van der Waals surface area contributed by atoms with Crippen LogP contribution in [0, 0.1) is 0 Å². The molecule has 256 valence electrons. The average Bonchev–Trinajstić information content (AvgIpc) is 3.13. The molecule has 6 rings (SSSR count). The number of hydrogen-bond donors (Lipinski definition) is 1. The van der Waals surface area contributed by atoms with Crippen LogP contribution in [0.5, 0.6) is 11.5 Å². The van der Waals surface area contributed by atoms with Gasteiger partial charge < -0.3 is 19.7 Å². The third-order valence-electron chi connectivity index (χ3n) is 8.91. The first-order valence-corrected chi connectivity index (χ1v) is 18.5.